The lowest BCUT2D eigenvalue weighted by Gasteiger charge is -2.23. The highest BCUT2D eigenvalue weighted by Gasteiger charge is 1.98. The van der Waals surface area contributed by atoms with Crippen LogP contribution in [0.2, 0.25) is 6.32 Å². The Bertz CT molecular complexity index is 46.5. The van der Waals surface area contributed by atoms with Gasteiger partial charge in [0.05, 0.1) is 0 Å². The minimum Gasteiger partial charge on any atom is -0.250 e. The summed E-state index contributed by atoms with van der Waals surface area (Å²) in [4.78, 5) is 0. The van der Waals surface area contributed by atoms with Crippen LogP contribution in [0.15, 0.2) is 0 Å². The summed E-state index contributed by atoms with van der Waals surface area (Å²) in [6.07, 6.45) is 8.42. The van der Waals surface area contributed by atoms with Crippen molar-refractivity contribution in [3.63, 3.8) is 0 Å². The molecule has 0 radical (unpaired) electrons. The van der Waals surface area contributed by atoms with Gasteiger partial charge in [0.25, 0.3) is 0 Å². The van der Waals surface area contributed by atoms with E-state index in [0.29, 0.717) is 0 Å². The van der Waals surface area contributed by atoms with Crippen LogP contribution in [0.5, 0.6) is 0 Å². The molecule has 0 fully saturated rings. The molecule has 0 nitrogen and oxygen atoms in total. The monoisotopic (exact) mass is 118 g/mol. The van der Waals surface area contributed by atoms with Gasteiger partial charge in [-0.15, -0.1) is 0 Å². The third-order valence-corrected chi connectivity index (χ3v) is 2.45. The Labute approximate surface area is 49.4 Å². The van der Waals surface area contributed by atoms with E-state index in [-0.39, 0.29) is 10.0 Å². The van der Waals surface area contributed by atoms with Crippen molar-refractivity contribution in [2.45, 2.75) is 6.32 Å². The molecule has 0 aliphatic carbocycles. The van der Waals surface area contributed by atoms with Crippen molar-refractivity contribution in [2.24, 2.45) is 0 Å². The average Bonchev–Trinajstić information content (AvgIpc) is 1.30. The topological polar surface area (TPSA) is 0 Å². The third-order valence-electron chi connectivity index (χ3n) is 0.816. The molecule has 0 amide bonds. The van der Waals surface area contributed by atoms with Crippen molar-refractivity contribution in [1.29, 1.82) is 0 Å². The first-order valence-corrected chi connectivity index (χ1v) is 5.75. The maximum absolute atomic E-state index is 2.36. The van der Waals surface area contributed by atoms with Crippen LogP contribution < -0.4 is 0 Å². The fourth-order valence-electron chi connectivity index (χ4n) is 0.612. The summed E-state index contributed by atoms with van der Waals surface area (Å²) >= 11 is 0. The summed E-state index contributed by atoms with van der Waals surface area (Å²) in [5, 5.41) is 0. The zero-order valence-corrected chi connectivity index (χ0v) is 6.64. The highest BCUT2D eigenvalue weighted by atomic mass is 32.3. The quantitative estimate of drug-likeness (QED) is 0.469. The first kappa shape index (κ1) is 7.41. The van der Waals surface area contributed by atoms with Crippen molar-refractivity contribution < 1.29 is 0 Å². The first-order chi connectivity index (χ1) is 3.06. The van der Waals surface area contributed by atoms with Gasteiger partial charge in [-0.2, -0.15) is 0 Å². The zero-order valence-electron chi connectivity index (χ0n) is 5.82. The van der Waals surface area contributed by atoms with Crippen molar-refractivity contribution in [1.82, 2.24) is 0 Å². The Morgan fingerprint density at radius 2 is 1.71 bits per heavy atom. The van der Waals surface area contributed by atoms with Crippen LogP contribution >= 0.6 is 10.0 Å². The van der Waals surface area contributed by atoms with Crippen LogP contribution in [0.1, 0.15) is 0 Å². The molecule has 0 aromatic heterocycles. The number of hydrogen-bond acceptors (Lipinski definition) is 0. The highest BCUT2D eigenvalue weighted by Crippen LogP contribution is 2.34. The van der Waals surface area contributed by atoms with E-state index in [2.05, 4.69) is 26.6 Å². The van der Waals surface area contributed by atoms with Gasteiger partial charge in [0.2, 0.25) is 0 Å². The summed E-state index contributed by atoms with van der Waals surface area (Å²) in [5.74, 6) is 1.42. The fourth-order valence-corrected chi connectivity index (χ4v) is 1.84. The molecule has 7 heavy (non-hydrogen) atoms. The van der Waals surface area contributed by atoms with E-state index < -0.39 is 0 Å². The van der Waals surface area contributed by atoms with E-state index in [9.17, 15) is 0 Å². The van der Waals surface area contributed by atoms with Gasteiger partial charge in [-0.3, -0.25) is 10.0 Å². The lowest BCUT2D eigenvalue weighted by Crippen LogP contribution is -1.96. The van der Waals surface area contributed by atoms with Gasteiger partial charge < -0.3 is 0 Å². The lowest BCUT2D eigenvalue weighted by atomic mass is 10.1. The maximum Gasteiger partial charge on any atom is 0.102 e. The summed E-state index contributed by atoms with van der Waals surface area (Å²) < 4.78 is 0. The van der Waals surface area contributed by atoms with Crippen LogP contribution in [0.25, 0.3) is 0 Å². The zero-order chi connectivity index (χ0) is 5.91. The maximum atomic E-state index is 2.36. The molecule has 2 heteroatoms. The molecule has 0 aliphatic heterocycles. The summed E-state index contributed by atoms with van der Waals surface area (Å²) in [5.41, 5.74) is 0. The third kappa shape index (κ3) is 6.41. The Morgan fingerprint density at radius 3 is 1.71 bits per heavy atom. The summed E-state index contributed by atoms with van der Waals surface area (Å²) in [7, 11) is 2.07. The SMILES string of the molecule is BCCS(C)(C)C. The van der Waals surface area contributed by atoms with Gasteiger partial charge >= 0.3 is 0 Å². The molecule has 0 saturated heterocycles. The van der Waals surface area contributed by atoms with E-state index in [0.717, 1.165) is 0 Å². The Morgan fingerprint density at radius 1 is 1.29 bits per heavy atom. The van der Waals surface area contributed by atoms with Crippen molar-refractivity contribution >= 4 is 17.9 Å². The molecule has 0 bridgehead atoms. The van der Waals surface area contributed by atoms with Gasteiger partial charge in [0.1, 0.15) is 7.85 Å². The fraction of sp³-hybridized carbons (Fsp3) is 1.00. The van der Waals surface area contributed by atoms with Crippen LogP contribution in [0.3, 0.4) is 0 Å². The largest absolute Gasteiger partial charge is 0.250 e. The second-order valence-electron chi connectivity index (χ2n) is 2.79. The second-order valence-corrected chi connectivity index (χ2v) is 7.38. The number of rotatable bonds is 2. The van der Waals surface area contributed by atoms with Crippen LogP contribution in [0, 0.1) is 0 Å². The smallest absolute Gasteiger partial charge is 0.102 e. The van der Waals surface area contributed by atoms with Crippen LogP contribution in [0.4, 0.5) is 0 Å². The standard InChI is InChI=1S/C5H15BS/c1-7(2,3)5-4-6/h4-6H2,1-3H3. The van der Waals surface area contributed by atoms with Gasteiger partial charge in [-0.05, 0) is 24.5 Å². The average molecular weight is 118 g/mol. The molecular formula is C5H15BS. The van der Waals surface area contributed by atoms with E-state index in [4.69, 9.17) is 0 Å². The summed E-state index contributed by atoms with van der Waals surface area (Å²) in [6.45, 7) is 0. The predicted octanol–water partition coefficient (Wildman–Crippen LogP) is 0.732. The van der Waals surface area contributed by atoms with E-state index in [1.165, 1.54) is 12.1 Å². The molecule has 0 aliphatic rings. The minimum atomic E-state index is -0.174. The Balaban J connectivity index is 3.15. The van der Waals surface area contributed by atoms with E-state index in [1.807, 2.05) is 0 Å². The van der Waals surface area contributed by atoms with Crippen LogP contribution in [-0.2, 0) is 0 Å². The molecule has 0 atom stereocenters. The van der Waals surface area contributed by atoms with Gasteiger partial charge in [-0.25, -0.2) is 0 Å². The van der Waals surface area contributed by atoms with Gasteiger partial charge in [0, 0.05) is 0 Å². The Hall–Kier alpha value is 0.415. The minimum absolute atomic E-state index is 0.174. The van der Waals surface area contributed by atoms with E-state index >= 15 is 0 Å². The lowest BCUT2D eigenvalue weighted by molar-refractivity contribution is 1.47. The molecule has 0 spiro atoms. The van der Waals surface area contributed by atoms with Crippen LogP contribution in [-0.4, -0.2) is 32.4 Å². The van der Waals surface area contributed by atoms with Gasteiger partial charge in [0.15, 0.2) is 0 Å². The second kappa shape index (κ2) is 2.66. The molecule has 0 saturated carbocycles. The molecule has 0 rings (SSSR count). The highest BCUT2D eigenvalue weighted by molar-refractivity contribution is 8.32. The predicted molar refractivity (Wildman–Crippen MR) is 43.6 cm³/mol. The molecule has 0 N–H and O–H groups in total. The van der Waals surface area contributed by atoms with Gasteiger partial charge in [-0.1, -0.05) is 6.32 Å². The Kier molecular flexibility index (Phi) is 2.81. The summed E-state index contributed by atoms with van der Waals surface area (Å²) in [6, 6.07) is 0. The van der Waals surface area contributed by atoms with Crippen molar-refractivity contribution in [2.75, 3.05) is 24.5 Å². The number of hydrogen-bond donors (Lipinski definition) is 0. The van der Waals surface area contributed by atoms with E-state index in [1.54, 1.807) is 0 Å². The molecule has 0 aromatic rings. The molecule has 0 unspecified atom stereocenters. The first-order valence-electron chi connectivity index (χ1n) is 2.72. The molecular weight excluding hydrogens is 103 g/mol. The molecule has 0 aromatic carbocycles. The molecule has 44 valence electrons. The van der Waals surface area contributed by atoms with Crippen molar-refractivity contribution in [3.8, 4) is 0 Å². The van der Waals surface area contributed by atoms with Crippen molar-refractivity contribution in [3.05, 3.63) is 0 Å². The normalized spacial score (nSPS) is 14.1. The molecule has 0 heterocycles.